The number of methoxy groups -OCH3 is 1. The summed E-state index contributed by atoms with van der Waals surface area (Å²) in [7, 11) is 1.65. The summed E-state index contributed by atoms with van der Waals surface area (Å²) in [6, 6.07) is 1.87. The molecule has 1 atom stereocenters. The molecule has 1 aromatic rings. The van der Waals surface area contributed by atoms with E-state index in [1.54, 1.807) is 13.3 Å². The molecule has 0 saturated heterocycles. The van der Waals surface area contributed by atoms with Crippen LogP contribution in [0.15, 0.2) is 16.7 Å². The van der Waals surface area contributed by atoms with E-state index >= 15 is 0 Å². The van der Waals surface area contributed by atoms with E-state index in [1.165, 1.54) is 0 Å². The molecule has 1 aromatic heterocycles. The van der Waals surface area contributed by atoms with E-state index in [4.69, 9.17) is 10.5 Å². The minimum atomic E-state index is 0.326. The fraction of sp³-hybridized carbons (Fsp3) is 0.500. The van der Waals surface area contributed by atoms with Crippen LogP contribution in [0.3, 0.4) is 0 Å². The number of hydrogen-bond acceptors (Lipinski definition) is 3. The van der Waals surface area contributed by atoms with Crippen molar-refractivity contribution in [3.63, 3.8) is 0 Å². The van der Waals surface area contributed by atoms with Crippen LogP contribution in [0.1, 0.15) is 25.0 Å². The molecule has 0 aromatic carbocycles. The first-order valence-electron chi connectivity index (χ1n) is 4.59. The summed E-state index contributed by atoms with van der Waals surface area (Å²) < 4.78 is 6.23. The largest absolute Gasteiger partial charge is 0.494 e. The van der Waals surface area contributed by atoms with Crippen molar-refractivity contribution in [3.05, 3.63) is 22.4 Å². The van der Waals surface area contributed by atoms with Gasteiger partial charge in [-0.3, -0.25) is 4.98 Å². The number of hydrogen-bond donors (Lipinski definition) is 1. The van der Waals surface area contributed by atoms with Crippen LogP contribution in [0.25, 0.3) is 0 Å². The Morgan fingerprint density at radius 1 is 1.64 bits per heavy atom. The summed E-state index contributed by atoms with van der Waals surface area (Å²) in [4.78, 5) is 4.32. The molecule has 1 heterocycles. The lowest BCUT2D eigenvalue weighted by Crippen LogP contribution is -2.07. The van der Waals surface area contributed by atoms with Crippen LogP contribution in [0.2, 0.25) is 0 Å². The van der Waals surface area contributed by atoms with Crippen LogP contribution in [-0.4, -0.2) is 18.6 Å². The molecule has 0 saturated carbocycles. The van der Waals surface area contributed by atoms with Crippen LogP contribution in [0, 0.1) is 0 Å². The van der Waals surface area contributed by atoms with Crippen molar-refractivity contribution in [3.8, 4) is 5.75 Å². The molecule has 1 unspecified atom stereocenters. The highest BCUT2D eigenvalue weighted by Gasteiger charge is 2.14. The van der Waals surface area contributed by atoms with Crippen molar-refractivity contribution in [1.82, 2.24) is 4.98 Å². The van der Waals surface area contributed by atoms with Crippen LogP contribution in [0.5, 0.6) is 5.75 Å². The Balaban J connectivity index is 3.00. The highest BCUT2D eigenvalue weighted by Crippen LogP contribution is 2.32. The molecule has 4 heteroatoms. The van der Waals surface area contributed by atoms with Crippen LogP contribution in [0.4, 0.5) is 0 Å². The molecule has 1 rings (SSSR count). The van der Waals surface area contributed by atoms with Crippen molar-refractivity contribution in [1.29, 1.82) is 0 Å². The SMILES string of the molecule is COc1c(Br)ccnc1C(C)CCN. The minimum Gasteiger partial charge on any atom is -0.494 e. The molecular weight excluding hydrogens is 244 g/mol. The first-order chi connectivity index (χ1) is 6.70. The van der Waals surface area contributed by atoms with E-state index < -0.39 is 0 Å². The summed E-state index contributed by atoms with van der Waals surface area (Å²) in [5.74, 6) is 1.14. The van der Waals surface area contributed by atoms with Gasteiger partial charge in [0.25, 0.3) is 0 Å². The first-order valence-corrected chi connectivity index (χ1v) is 5.38. The predicted molar refractivity (Wildman–Crippen MR) is 60.6 cm³/mol. The zero-order chi connectivity index (χ0) is 10.6. The van der Waals surface area contributed by atoms with E-state index in [0.717, 1.165) is 22.3 Å². The Labute approximate surface area is 92.8 Å². The third-order valence-electron chi connectivity index (χ3n) is 2.15. The topological polar surface area (TPSA) is 48.1 Å². The Hall–Kier alpha value is -0.610. The molecule has 0 radical (unpaired) electrons. The summed E-state index contributed by atoms with van der Waals surface area (Å²) in [5, 5.41) is 0. The zero-order valence-corrected chi connectivity index (χ0v) is 10.0. The lowest BCUT2D eigenvalue weighted by molar-refractivity contribution is 0.399. The van der Waals surface area contributed by atoms with E-state index in [-0.39, 0.29) is 0 Å². The third kappa shape index (κ3) is 2.45. The normalized spacial score (nSPS) is 12.6. The maximum Gasteiger partial charge on any atom is 0.154 e. The summed E-state index contributed by atoms with van der Waals surface area (Å²) >= 11 is 3.43. The molecule has 0 aliphatic carbocycles. The Bertz CT molecular complexity index is 304. The minimum absolute atomic E-state index is 0.326. The molecule has 14 heavy (non-hydrogen) atoms. The number of nitrogens with two attached hydrogens (primary N) is 1. The Kier molecular flexibility index (Phi) is 4.35. The van der Waals surface area contributed by atoms with Gasteiger partial charge in [0.1, 0.15) is 0 Å². The van der Waals surface area contributed by atoms with Gasteiger partial charge >= 0.3 is 0 Å². The number of aromatic nitrogens is 1. The number of pyridine rings is 1. The number of rotatable bonds is 4. The van der Waals surface area contributed by atoms with Gasteiger partial charge in [0, 0.05) is 12.1 Å². The molecule has 3 nitrogen and oxygen atoms in total. The Morgan fingerprint density at radius 2 is 2.36 bits per heavy atom. The van der Waals surface area contributed by atoms with Crippen molar-refractivity contribution in [2.75, 3.05) is 13.7 Å². The molecule has 78 valence electrons. The molecule has 0 spiro atoms. The second kappa shape index (κ2) is 5.32. The summed E-state index contributed by atoms with van der Waals surface area (Å²) in [5.41, 5.74) is 6.48. The van der Waals surface area contributed by atoms with E-state index in [0.29, 0.717) is 12.5 Å². The van der Waals surface area contributed by atoms with Gasteiger partial charge in [-0.05, 0) is 35.0 Å². The number of ether oxygens (including phenoxy) is 1. The first kappa shape index (κ1) is 11.5. The van der Waals surface area contributed by atoms with E-state index in [2.05, 4.69) is 27.8 Å². The van der Waals surface area contributed by atoms with Gasteiger partial charge in [0.15, 0.2) is 5.75 Å². The molecular formula is C10H15BrN2O. The zero-order valence-electron chi connectivity index (χ0n) is 8.46. The third-order valence-corrected chi connectivity index (χ3v) is 2.78. The highest BCUT2D eigenvalue weighted by atomic mass is 79.9. The maximum absolute atomic E-state index is 5.52. The summed E-state index contributed by atoms with van der Waals surface area (Å²) in [6.07, 6.45) is 2.69. The molecule has 2 N–H and O–H groups in total. The smallest absolute Gasteiger partial charge is 0.154 e. The van der Waals surface area contributed by atoms with Crippen molar-refractivity contribution < 1.29 is 4.74 Å². The monoisotopic (exact) mass is 258 g/mol. The lowest BCUT2D eigenvalue weighted by Gasteiger charge is -2.14. The van der Waals surface area contributed by atoms with Gasteiger partial charge in [-0.15, -0.1) is 0 Å². The molecule has 0 amide bonds. The average molecular weight is 259 g/mol. The highest BCUT2D eigenvalue weighted by molar-refractivity contribution is 9.10. The number of nitrogens with zero attached hydrogens (tertiary/aromatic N) is 1. The van der Waals surface area contributed by atoms with Crippen molar-refractivity contribution in [2.45, 2.75) is 19.3 Å². The second-order valence-corrected chi connectivity index (χ2v) is 4.04. The number of halogens is 1. The van der Waals surface area contributed by atoms with Crippen molar-refractivity contribution >= 4 is 15.9 Å². The van der Waals surface area contributed by atoms with Gasteiger partial charge < -0.3 is 10.5 Å². The van der Waals surface area contributed by atoms with E-state index in [1.807, 2.05) is 6.07 Å². The van der Waals surface area contributed by atoms with Gasteiger partial charge in [0.2, 0.25) is 0 Å². The average Bonchev–Trinajstić information content (AvgIpc) is 2.17. The quantitative estimate of drug-likeness (QED) is 0.902. The molecule has 0 aliphatic rings. The molecule has 0 aliphatic heterocycles. The summed E-state index contributed by atoms with van der Waals surface area (Å²) in [6.45, 7) is 2.77. The maximum atomic E-state index is 5.52. The van der Waals surface area contributed by atoms with Crippen molar-refractivity contribution in [2.24, 2.45) is 5.73 Å². The second-order valence-electron chi connectivity index (χ2n) is 3.19. The lowest BCUT2D eigenvalue weighted by atomic mass is 10.0. The molecule has 0 fully saturated rings. The standard InChI is InChI=1S/C10H15BrN2O/c1-7(3-5-12)9-10(14-2)8(11)4-6-13-9/h4,6-7H,3,5,12H2,1-2H3. The Morgan fingerprint density at radius 3 is 2.93 bits per heavy atom. The predicted octanol–water partition coefficient (Wildman–Crippen LogP) is 2.30. The van der Waals surface area contributed by atoms with Crippen LogP contribution < -0.4 is 10.5 Å². The van der Waals surface area contributed by atoms with Crippen LogP contribution >= 0.6 is 15.9 Å². The van der Waals surface area contributed by atoms with Gasteiger partial charge in [0.05, 0.1) is 17.3 Å². The van der Waals surface area contributed by atoms with Crippen LogP contribution in [-0.2, 0) is 0 Å². The van der Waals surface area contributed by atoms with Gasteiger partial charge in [-0.25, -0.2) is 0 Å². The molecule has 0 bridgehead atoms. The fourth-order valence-electron chi connectivity index (χ4n) is 1.38. The fourth-order valence-corrected chi connectivity index (χ4v) is 1.86. The van der Waals surface area contributed by atoms with Gasteiger partial charge in [-0.2, -0.15) is 0 Å². The van der Waals surface area contributed by atoms with Gasteiger partial charge in [-0.1, -0.05) is 6.92 Å². The van der Waals surface area contributed by atoms with E-state index in [9.17, 15) is 0 Å².